The van der Waals surface area contributed by atoms with Gasteiger partial charge in [-0.2, -0.15) is 0 Å². The number of benzene rings is 1. The van der Waals surface area contributed by atoms with E-state index in [9.17, 15) is 9.59 Å². The summed E-state index contributed by atoms with van der Waals surface area (Å²) in [6.07, 6.45) is 7.41. The molecule has 0 radical (unpaired) electrons. The summed E-state index contributed by atoms with van der Waals surface area (Å²) in [5.74, 6) is 0.193. The lowest BCUT2D eigenvalue weighted by Gasteiger charge is -2.39. The van der Waals surface area contributed by atoms with E-state index in [0.717, 1.165) is 48.6 Å². The first-order valence-electron chi connectivity index (χ1n) is 10.1. The van der Waals surface area contributed by atoms with E-state index in [0.29, 0.717) is 18.8 Å². The Labute approximate surface area is 174 Å². The lowest BCUT2D eigenvalue weighted by Crippen LogP contribution is -2.51. The maximum Gasteiger partial charge on any atom is 0.267 e. The number of hydrogen-bond acceptors (Lipinski definition) is 2. The van der Waals surface area contributed by atoms with Crippen LogP contribution in [0.3, 0.4) is 0 Å². The zero-order chi connectivity index (χ0) is 19.6. The second kappa shape index (κ2) is 8.11. The molecule has 28 heavy (non-hydrogen) atoms. The number of rotatable bonds is 4. The summed E-state index contributed by atoms with van der Waals surface area (Å²) in [6, 6.07) is 12.0. The Hall–Kier alpha value is -2.08. The SMILES string of the molecule is O=C(NC1CCN(C(=O)C2(c3ccc(Br)cc3)CCCC2)CC1)c1ccc[nH]1. The number of nitrogens with zero attached hydrogens (tertiary/aromatic N) is 1. The summed E-state index contributed by atoms with van der Waals surface area (Å²) in [6.45, 7) is 1.40. The molecule has 2 aromatic rings. The largest absolute Gasteiger partial charge is 0.357 e. The molecule has 2 heterocycles. The van der Waals surface area contributed by atoms with E-state index in [-0.39, 0.29) is 23.3 Å². The fourth-order valence-electron chi connectivity index (χ4n) is 4.64. The Kier molecular flexibility index (Phi) is 5.58. The summed E-state index contributed by atoms with van der Waals surface area (Å²) < 4.78 is 1.04. The highest BCUT2D eigenvalue weighted by Gasteiger charge is 2.45. The Bertz CT molecular complexity index is 818. The molecular weight excluding hydrogens is 418 g/mol. The Morgan fingerprint density at radius 2 is 1.75 bits per heavy atom. The monoisotopic (exact) mass is 443 g/mol. The first-order chi connectivity index (χ1) is 13.6. The molecule has 1 saturated carbocycles. The molecule has 1 aromatic heterocycles. The normalized spacial score (nSPS) is 19.5. The number of aromatic amines is 1. The van der Waals surface area contributed by atoms with Gasteiger partial charge in [-0.25, -0.2) is 0 Å². The second-order valence-corrected chi connectivity index (χ2v) is 8.84. The molecule has 1 aliphatic carbocycles. The zero-order valence-corrected chi connectivity index (χ0v) is 17.5. The van der Waals surface area contributed by atoms with Crippen LogP contribution in [0.1, 0.15) is 54.6 Å². The number of H-pyrrole nitrogens is 1. The van der Waals surface area contributed by atoms with Gasteiger partial charge in [-0.05, 0) is 55.5 Å². The number of hydrogen-bond donors (Lipinski definition) is 2. The quantitative estimate of drug-likeness (QED) is 0.749. The number of carbonyl (C=O) groups is 2. The predicted molar refractivity (Wildman–Crippen MR) is 112 cm³/mol. The average Bonchev–Trinajstić information content (AvgIpc) is 3.41. The molecule has 2 amide bonds. The standard InChI is InChI=1S/C22H26BrN3O2/c23-17-7-5-16(6-8-17)22(11-1-2-12-22)21(28)26-14-9-18(10-15-26)25-20(27)19-4-3-13-24-19/h3-8,13,18,24H,1-2,9-12,14-15H2,(H,25,27). The van der Waals surface area contributed by atoms with Gasteiger partial charge in [0.25, 0.3) is 5.91 Å². The smallest absolute Gasteiger partial charge is 0.267 e. The van der Waals surface area contributed by atoms with Gasteiger partial charge in [0.1, 0.15) is 5.69 Å². The minimum atomic E-state index is -0.374. The molecule has 0 bridgehead atoms. The first-order valence-corrected chi connectivity index (χ1v) is 10.9. The molecule has 2 fully saturated rings. The van der Waals surface area contributed by atoms with Crippen molar-refractivity contribution in [2.75, 3.05) is 13.1 Å². The van der Waals surface area contributed by atoms with Crippen LogP contribution in [0.5, 0.6) is 0 Å². The third-order valence-corrected chi connectivity index (χ3v) is 6.75. The molecule has 2 aliphatic rings. The van der Waals surface area contributed by atoms with E-state index in [4.69, 9.17) is 0 Å². The van der Waals surface area contributed by atoms with Crippen molar-refractivity contribution in [3.63, 3.8) is 0 Å². The minimum absolute atomic E-state index is 0.0723. The molecule has 2 N–H and O–H groups in total. The topological polar surface area (TPSA) is 65.2 Å². The molecule has 5 nitrogen and oxygen atoms in total. The predicted octanol–water partition coefficient (Wildman–Crippen LogP) is 4.01. The van der Waals surface area contributed by atoms with E-state index in [2.05, 4.69) is 38.4 Å². The molecule has 148 valence electrons. The number of amides is 2. The summed E-state index contributed by atoms with van der Waals surface area (Å²) in [7, 11) is 0. The number of halogens is 1. The third-order valence-electron chi connectivity index (χ3n) is 6.22. The molecule has 1 saturated heterocycles. The van der Waals surface area contributed by atoms with E-state index in [1.165, 1.54) is 0 Å². The van der Waals surface area contributed by atoms with Crippen molar-refractivity contribution >= 4 is 27.7 Å². The van der Waals surface area contributed by atoms with Gasteiger partial charge in [-0.1, -0.05) is 40.9 Å². The second-order valence-electron chi connectivity index (χ2n) is 7.92. The van der Waals surface area contributed by atoms with Crippen molar-refractivity contribution in [3.05, 3.63) is 58.3 Å². The number of nitrogens with one attached hydrogen (secondary N) is 2. The van der Waals surface area contributed by atoms with Gasteiger partial charge < -0.3 is 15.2 Å². The maximum atomic E-state index is 13.5. The molecule has 0 unspecified atom stereocenters. The average molecular weight is 444 g/mol. The molecule has 0 atom stereocenters. The summed E-state index contributed by atoms with van der Waals surface area (Å²) in [4.78, 5) is 30.7. The van der Waals surface area contributed by atoms with Crippen molar-refractivity contribution in [3.8, 4) is 0 Å². The van der Waals surface area contributed by atoms with E-state index in [1.807, 2.05) is 23.1 Å². The van der Waals surface area contributed by atoms with Crippen LogP contribution >= 0.6 is 15.9 Å². The van der Waals surface area contributed by atoms with Crippen LogP contribution < -0.4 is 5.32 Å². The van der Waals surface area contributed by atoms with Crippen LogP contribution in [0.25, 0.3) is 0 Å². The number of piperidine rings is 1. The molecular formula is C22H26BrN3O2. The van der Waals surface area contributed by atoms with Crippen LogP contribution in [0.2, 0.25) is 0 Å². The van der Waals surface area contributed by atoms with Crippen LogP contribution in [0.15, 0.2) is 47.1 Å². The van der Waals surface area contributed by atoms with Gasteiger partial charge >= 0.3 is 0 Å². The Morgan fingerprint density at radius 3 is 2.36 bits per heavy atom. The summed E-state index contributed by atoms with van der Waals surface area (Å²) in [5.41, 5.74) is 1.35. The van der Waals surface area contributed by atoms with Crippen molar-refractivity contribution in [1.29, 1.82) is 0 Å². The van der Waals surface area contributed by atoms with E-state index in [1.54, 1.807) is 12.3 Å². The summed E-state index contributed by atoms with van der Waals surface area (Å²) >= 11 is 3.49. The van der Waals surface area contributed by atoms with Gasteiger partial charge in [0.2, 0.25) is 5.91 Å². The molecule has 6 heteroatoms. The maximum absolute atomic E-state index is 13.5. The van der Waals surface area contributed by atoms with Crippen molar-refractivity contribution in [2.24, 2.45) is 0 Å². The van der Waals surface area contributed by atoms with Crippen LogP contribution in [0, 0.1) is 0 Å². The lowest BCUT2D eigenvalue weighted by atomic mass is 9.77. The first kappa shape index (κ1) is 19.2. The Morgan fingerprint density at radius 1 is 1.07 bits per heavy atom. The van der Waals surface area contributed by atoms with Gasteiger partial charge in [0.15, 0.2) is 0 Å². The van der Waals surface area contributed by atoms with E-state index < -0.39 is 0 Å². The molecule has 4 rings (SSSR count). The van der Waals surface area contributed by atoms with Gasteiger partial charge in [-0.15, -0.1) is 0 Å². The van der Waals surface area contributed by atoms with Crippen LogP contribution in [0.4, 0.5) is 0 Å². The van der Waals surface area contributed by atoms with Crippen molar-refractivity contribution in [1.82, 2.24) is 15.2 Å². The van der Waals surface area contributed by atoms with Crippen molar-refractivity contribution in [2.45, 2.75) is 50.0 Å². The minimum Gasteiger partial charge on any atom is -0.357 e. The molecule has 0 spiro atoms. The molecule has 1 aliphatic heterocycles. The lowest BCUT2D eigenvalue weighted by molar-refractivity contribution is -0.138. The van der Waals surface area contributed by atoms with Crippen molar-refractivity contribution < 1.29 is 9.59 Å². The number of carbonyl (C=O) groups excluding carboxylic acids is 2. The van der Waals surface area contributed by atoms with Crippen LogP contribution in [-0.2, 0) is 10.2 Å². The highest BCUT2D eigenvalue weighted by molar-refractivity contribution is 9.10. The van der Waals surface area contributed by atoms with Gasteiger partial charge in [0, 0.05) is 29.8 Å². The molecule has 1 aromatic carbocycles. The number of aromatic nitrogens is 1. The highest BCUT2D eigenvalue weighted by atomic mass is 79.9. The van der Waals surface area contributed by atoms with Crippen LogP contribution in [-0.4, -0.2) is 40.8 Å². The fourth-order valence-corrected chi connectivity index (χ4v) is 4.90. The summed E-state index contributed by atoms with van der Waals surface area (Å²) in [5, 5.41) is 3.08. The fraction of sp³-hybridized carbons (Fsp3) is 0.455. The van der Waals surface area contributed by atoms with Gasteiger partial charge in [-0.3, -0.25) is 9.59 Å². The third kappa shape index (κ3) is 3.75. The Balaban J connectivity index is 1.41. The number of likely N-dealkylation sites (tertiary alicyclic amines) is 1. The van der Waals surface area contributed by atoms with Gasteiger partial charge in [0.05, 0.1) is 5.41 Å². The van der Waals surface area contributed by atoms with E-state index >= 15 is 0 Å². The highest BCUT2D eigenvalue weighted by Crippen LogP contribution is 2.43. The zero-order valence-electron chi connectivity index (χ0n) is 15.9.